The fourth-order valence-electron chi connectivity index (χ4n) is 3.75. The summed E-state index contributed by atoms with van der Waals surface area (Å²) in [6.45, 7) is 2.76. The van der Waals surface area contributed by atoms with Gasteiger partial charge in [0.2, 0.25) is 5.89 Å². The number of rotatable bonds is 9. The number of hydrogen-bond donors (Lipinski definition) is 0. The standard InChI is InChI=1S/C22H22Cl3N5O3/c1-2-3-9-29-20-14(12-16(24)26-20)21(31)30(22(29)32)10-5-8-18-27-17(28-33-18)11-13-6-4-7-15(23)19(13)25/h4,6-7H,2-3,5,8-12H2,1H3. The molecule has 0 amide bonds. The van der Waals surface area contributed by atoms with Crippen molar-refractivity contribution in [2.24, 2.45) is 4.99 Å². The van der Waals surface area contributed by atoms with Gasteiger partial charge in [-0.05, 0) is 24.5 Å². The monoisotopic (exact) mass is 509 g/mol. The number of hydrogen-bond acceptors (Lipinski definition) is 6. The van der Waals surface area contributed by atoms with Gasteiger partial charge in [-0.2, -0.15) is 4.98 Å². The largest absolute Gasteiger partial charge is 0.339 e. The lowest BCUT2D eigenvalue weighted by Crippen LogP contribution is -2.41. The Morgan fingerprint density at radius 1 is 1.09 bits per heavy atom. The van der Waals surface area contributed by atoms with Crippen LogP contribution in [0.4, 0.5) is 5.82 Å². The number of aryl methyl sites for hydroxylation is 1. The van der Waals surface area contributed by atoms with Crippen LogP contribution in [0.15, 0.2) is 37.3 Å². The van der Waals surface area contributed by atoms with Crippen molar-refractivity contribution in [3.05, 3.63) is 71.9 Å². The average molecular weight is 511 g/mol. The fourth-order valence-corrected chi connectivity index (χ4v) is 4.35. The van der Waals surface area contributed by atoms with Crippen LogP contribution in [0, 0.1) is 0 Å². The van der Waals surface area contributed by atoms with Gasteiger partial charge in [-0.25, -0.2) is 9.79 Å². The van der Waals surface area contributed by atoms with Crippen molar-refractivity contribution < 1.29 is 4.52 Å². The van der Waals surface area contributed by atoms with Gasteiger partial charge in [0.25, 0.3) is 5.56 Å². The maximum atomic E-state index is 13.0. The quantitative estimate of drug-likeness (QED) is 0.421. The van der Waals surface area contributed by atoms with Gasteiger partial charge in [0.1, 0.15) is 11.0 Å². The molecule has 1 aliphatic heterocycles. The van der Waals surface area contributed by atoms with Crippen LogP contribution in [0.25, 0.3) is 0 Å². The summed E-state index contributed by atoms with van der Waals surface area (Å²) in [5.41, 5.74) is 0.553. The van der Waals surface area contributed by atoms with Crippen molar-refractivity contribution in [3.8, 4) is 0 Å². The summed E-state index contributed by atoms with van der Waals surface area (Å²) in [5.74, 6) is 1.30. The first kappa shape index (κ1) is 23.7. The van der Waals surface area contributed by atoms with Gasteiger partial charge in [-0.15, -0.1) is 0 Å². The summed E-state index contributed by atoms with van der Waals surface area (Å²) >= 11 is 18.3. The summed E-state index contributed by atoms with van der Waals surface area (Å²) in [5, 5.41) is 5.25. The molecule has 8 nitrogen and oxygen atoms in total. The zero-order valence-electron chi connectivity index (χ0n) is 18.0. The summed E-state index contributed by atoms with van der Waals surface area (Å²) in [6.07, 6.45) is 3.26. The summed E-state index contributed by atoms with van der Waals surface area (Å²) in [7, 11) is 0. The van der Waals surface area contributed by atoms with Crippen LogP contribution in [0.2, 0.25) is 10.0 Å². The molecule has 1 aliphatic rings. The normalized spacial score (nSPS) is 12.8. The van der Waals surface area contributed by atoms with Gasteiger partial charge in [0, 0.05) is 32.4 Å². The van der Waals surface area contributed by atoms with E-state index in [0.29, 0.717) is 64.1 Å². The summed E-state index contributed by atoms with van der Waals surface area (Å²) in [4.78, 5) is 34.5. The molecular weight excluding hydrogens is 489 g/mol. The van der Waals surface area contributed by atoms with Gasteiger partial charge in [0.15, 0.2) is 5.82 Å². The third-order valence-electron chi connectivity index (χ3n) is 5.44. The van der Waals surface area contributed by atoms with Crippen LogP contribution in [0.1, 0.15) is 49.0 Å². The molecule has 0 saturated heterocycles. The first-order chi connectivity index (χ1) is 15.9. The molecule has 1 aromatic carbocycles. The van der Waals surface area contributed by atoms with E-state index in [1.165, 1.54) is 4.57 Å². The van der Waals surface area contributed by atoms with Crippen molar-refractivity contribution in [3.63, 3.8) is 0 Å². The van der Waals surface area contributed by atoms with Crippen molar-refractivity contribution >= 4 is 45.8 Å². The van der Waals surface area contributed by atoms with E-state index in [-0.39, 0.29) is 24.2 Å². The molecule has 0 atom stereocenters. The molecule has 0 radical (unpaired) electrons. The molecule has 0 unspecified atom stereocenters. The van der Waals surface area contributed by atoms with E-state index < -0.39 is 0 Å². The van der Waals surface area contributed by atoms with Crippen molar-refractivity contribution in [1.82, 2.24) is 19.3 Å². The zero-order valence-corrected chi connectivity index (χ0v) is 20.3. The number of halogens is 3. The van der Waals surface area contributed by atoms with Gasteiger partial charge in [0.05, 0.1) is 15.6 Å². The van der Waals surface area contributed by atoms with Crippen molar-refractivity contribution in [2.75, 3.05) is 0 Å². The Hall–Kier alpha value is -2.42. The Morgan fingerprint density at radius 3 is 2.67 bits per heavy atom. The molecule has 0 aliphatic carbocycles. The van der Waals surface area contributed by atoms with E-state index >= 15 is 0 Å². The van der Waals surface area contributed by atoms with E-state index in [0.717, 1.165) is 18.4 Å². The van der Waals surface area contributed by atoms with Crippen LogP contribution in [0.5, 0.6) is 0 Å². The molecule has 11 heteroatoms. The molecule has 0 saturated carbocycles. The molecule has 0 N–H and O–H groups in total. The molecule has 0 spiro atoms. The van der Waals surface area contributed by atoms with E-state index in [9.17, 15) is 9.59 Å². The molecule has 4 rings (SSSR count). The first-order valence-electron chi connectivity index (χ1n) is 10.7. The van der Waals surface area contributed by atoms with E-state index in [1.807, 2.05) is 19.1 Å². The Labute approximate surface area is 204 Å². The smallest absolute Gasteiger partial charge is 0.332 e. The first-order valence-corrected chi connectivity index (χ1v) is 11.9. The second-order valence-electron chi connectivity index (χ2n) is 7.81. The molecule has 0 bridgehead atoms. The van der Waals surface area contributed by atoms with Crippen LogP contribution in [0.3, 0.4) is 0 Å². The van der Waals surface area contributed by atoms with E-state index in [2.05, 4.69) is 15.1 Å². The predicted molar refractivity (Wildman–Crippen MR) is 128 cm³/mol. The highest BCUT2D eigenvalue weighted by atomic mass is 35.5. The van der Waals surface area contributed by atoms with Crippen molar-refractivity contribution in [2.45, 2.75) is 58.5 Å². The Balaban J connectivity index is 1.46. The van der Waals surface area contributed by atoms with Gasteiger partial charge < -0.3 is 4.52 Å². The molecule has 174 valence electrons. The molecule has 3 heterocycles. The highest BCUT2D eigenvalue weighted by Gasteiger charge is 2.24. The fraction of sp³-hybridized carbons (Fsp3) is 0.409. The molecule has 0 fully saturated rings. The second-order valence-corrected chi connectivity index (χ2v) is 9.03. The van der Waals surface area contributed by atoms with E-state index in [4.69, 9.17) is 39.3 Å². The lowest BCUT2D eigenvalue weighted by molar-refractivity contribution is 0.366. The molecular formula is C22H22Cl3N5O3. The summed E-state index contributed by atoms with van der Waals surface area (Å²) in [6, 6.07) is 5.38. The van der Waals surface area contributed by atoms with Crippen LogP contribution >= 0.6 is 34.8 Å². The zero-order chi connectivity index (χ0) is 23.5. The van der Waals surface area contributed by atoms with Crippen LogP contribution in [-0.4, -0.2) is 24.4 Å². The van der Waals surface area contributed by atoms with E-state index in [1.54, 1.807) is 10.6 Å². The minimum absolute atomic E-state index is 0.229. The molecule has 33 heavy (non-hydrogen) atoms. The Bertz CT molecular complexity index is 1330. The van der Waals surface area contributed by atoms with Crippen molar-refractivity contribution in [1.29, 1.82) is 0 Å². The highest BCUT2D eigenvalue weighted by molar-refractivity contribution is 6.66. The predicted octanol–water partition coefficient (Wildman–Crippen LogP) is 4.55. The average Bonchev–Trinajstić information content (AvgIpc) is 3.40. The molecule has 2 aromatic heterocycles. The van der Waals surface area contributed by atoms with Gasteiger partial charge >= 0.3 is 5.69 Å². The van der Waals surface area contributed by atoms with Gasteiger partial charge in [-0.1, -0.05) is 65.4 Å². The lowest BCUT2D eigenvalue weighted by Gasteiger charge is -2.13. The second kappa shape index (κ2) is 10.2. The number of benzene rings is 1. The summed E-state index contributed by atoms with van der Waals surface area (Å²) < 4.78 is 8.13. The van der Waals surface area contributed by atoms with Crippen LogP contribution in [-0.2, 0) is 32.4 Å². The van der Waals surface area contributed by atoms with Gasteiger partial charge in [-0.3, -0.25) is 13.9 Å². The minimum Gasteiger partial charge on any atom is -0.339 e. The number of unbranched alkanes of at least 4 members (excludes halogenated alkanes) is 1. The maximum absolute atomic E-state index is 13.0. The SMILES string of the molecule is CCCCn1c2c(c(=O)n(CCCc3nc(Cc4cccc(Cl)c4Cl)no3)c1=O)CC(Cl)=N2. The minimum atomic E-state index is -0.371. The number of aromatic nitrogens is 4. The Kier molecular flexibility index (Phi) is 7.36. The third kappa shape index (κ3) is 5.08. The third-order valence-corrected chi connectivity index (χ3v) is 6.51. The van der Waals surface area contributed by atoms with Crippen LogP contribution < -0.4 is 11.2 Å². The maximum Gasteiger partial charge on any atom is 0.332 e. The highest BCUT2D eigenvalue weighted by Crippen LogP contribution is 2.27. The Morgan fingerprint density at radius 2 is 1.88 bits per heavy atom. The topological polar surface area (TPSA) is 95.3 Å². The number of aliphatic imine (C=N–C) groups is 1. The molecule has 3 aromatic rings. The number of fused-ring (bicyclic) bond motifs is 1. The number of nitrogens with zero attached hydrogens (tertiary/aromatic N) is 5. The lowest BCUT2D eigenvalue weighted by atomic mass is 10.1.